The summed E-state index contributed by atoms with van der Waals surface area (Å²) in [5.41, 5.74) is 4.02. The highest BCUT2D eigenvalue weighted by Crippen LogP contribution is 2.24. The van der Waals surface area contributed by atoms with E-state index < -0.39 is 0 Å². The van der Waals surface area contributed by atoms with Crippen molar-refractivity contribution in [2.45, 2.75) is 20.8 Å². The molecule has 1 aliphatic heterocycles. The predicted molar refractivity (Wildman–Crippen MR) is 80.6 cm³/mol. The number of hydrogen-bond donors (Lipinski definition) is 0. The molecule has 0 radical (unpaired) electrons. The van der Waals surface area contributed by atoms with Crippen molar-refractivity contribution in [2.75, 3.05) is 13.6 Å². The van der Waals surface area contributed by atoms with Gasteiger partial charge < -0.3 is 9.47 Å². The van der Waals surface area contributed by atoms with Gasteiger partial charge in [-0.15, -0.1) is 0 Å². The van der Waals surface area contributed by atoms with Crippen LogP contribution in [0.2, 0.25) is 0 Å². The lowest BCUT2D eigenvalue weighted by atomic mass is 10.2. The summed E-state index contributed by atoms with van der Waals surface area (Å²) in [5.74, 6) is -0.0177. The Labute approximate surface area is 119 Å². The number of carbonyl (C=O) groups excluding carboxylic acids is 1. The van der Waals surface area contributed by atoms with Crippen LogP contribution >= 0.6 is 12.2 Å². The number of amides is 1. The topological polar surface area (TPSA) is 28.5 Å². The van der Waals surface area contributed by atoms with Gasteiger partial charge in [0, 0.05) is 32.0 Å². The van der Waals surface area contributed by atoms with Crippen molar-refractivity contribution in [1.29, 1.82) is 0 Å². The van der Waals surface area contributed by atoms with E-state index in [9.17, 15) is 4.79 Å². The highest BCUT2D eigenvalue weighted by Gasteiger charge is 2.34. The molecule has 0 bridgehead atoms. The first-order chi connectivity index (χ1) is 8.88. The maximum absolute atomic E-state index is 12.3. The van der Waals surface area contributed by atoms with E-state index in [0.717, 1.165) is 11.3 Å². The molecule has 0 spiro atoms. The predicted octanol–water partition coefficient (Wildman–Crippen LogP) is 2.06. The summed E-state index contributed by atoms with van der Waals surface area (Å²) in [4.78, 5) is 15.7. The van der Waals surface area contributed by atoms with Crippen LogP contribution in [0.1, 0.15) is 23.9 Å². The van der Waals surface area contributed by atoms with Crippen LogP contribution in [0.15, 0.2) is 11.8 Å². The van der Waals surface area contributed by atoms with Crippen LogP contribution in [0.25, 0.3) is 6.08 Å². The first kappa shape index (κ1) is 13.8. The Bertz CT molecular complexity index is 586. The van der Waals surface area contributed by atoms with Gasteiger partial charge in [-0.3, -0.25) is 9.69 Å². The first-order valence-electron chi connectivity index (χ1n) is 6.32. The van der Waals surface area contributed by atoms with Crippen LogP contribution in [0.3, 0.4) is 0 Å². The van der Waals surface area contributed by atoms with Gasteiger partial charge in [0.2, 0.25) is 0 Å². The second-order valence-electron chi connectivity index (χ2n) is 4.81. The highest BCUT2D eigenvalue weighted by atomic mass is 32.1. The van der Waals surface area contributed by atoms with E-state index in [1.54, 1.807) is 9.80 Å². The fourth-order valence-corrected chi connectivity index (χ4v) is 2.58. The molecule has 1 amide bonds. The lowest BCUT2D eigenvalue weighted by molar-refractivity contribution is -0.122. The molecule has 0 unspecified atom stereocenters. The minimum atomic E-state index is -0.0177. The zero-order chi connectivity index (χ0) is 14.3. The number of nitrogens with zero attached hydrogens (tertiary/aromatic N) is 3. The van der Waals surface area contributed by atoms with Crippen LogP contribution in [0, 0.1) is 13.8 Å². The van der Waals surface area contributed by atoms with Crippen LogP contribution in [-0.4, -0.2) is 39.0 Å². The number of hydrogen-bond acceptors (Lipinski definition) is 2. The Morgan fingerprint density at radius 1 is 1.32 bits per heavy atom. The van der Waals surface area contributed by atoms with Gasteiger partial charge >= 0.3 is 0 Å². The molecule has 1 aromatic heterocycles. The number of likely N-dealkylation sites (N-methyl/N-ethyl adjacent to an activating group) is 2. The van der Waals surface area contributed by atoms with Crippen molar-refractivity contribution in [3.8, 4) is 0 Å². The molecule has 1 saturated heterocycles. The summed E-state index contributed by atoms with van der Waals surface area (Å²) in [7, 11) is 3.86. The fourth-order valence-electron chi connectivity index (χ4n) is 2.27. The zero-order valence-electron chi connectivity index (χ0n) is 12.0. The molecule has 1 aliphatic rings. The van der Waals surface area contributed by atoms with Crippen LogP contribution < -0.4 is 0 Å². The molecule has 1 fully saturated rings. The summed E-state index contributed by atoms with van der Waals surface area (Å²) in [6, 6.07) is 2.08. The standard InChI is InChI=1S/C14H19N3OS/c1-6-17-13(18)12(16(5)14(17)19)8-11-7-9(2)15(4)10(11)3/h7-8H,6H2,1-5H3/b12-8-. The van der Waals surface area contributed by atoms with Crippen molar-refractivity contribution < 1.29 is 4.79 Å². The van der Waals surface area contributed by atoms with Gasteiger partial charge in [-0.25, -0.2) is 0 Å². The Morgan fingerprint density at radius 3 is 2.37 bits per heavy atom. The zero-order valence-corrected chi connectivity index (χ0v) is 12.8. The molecule has 1 aromatic rings. The minimum Gasteiger partial charge on any atom is -0.352 e. The van der Waals surface area contributed by atoms with Gasteiger partial charge in [0.25, 0.3) is 5.91 Å². The van der Waals surface area contributed by atoms with E-state index in [1.165, 1.54) is 5.69 Å². The number of thiocarbonyl (C=S) groups is 1. The van der Waals surface area contributed by atoms with E-state index in [2.05, 4.69) is 24.5 Å². The average Bonchev–Trinajstić information content (AvgIpc) is 2.73. The fraction of sp³-hybridized carbons (Fsp3) is 0.429. The van der Waals surface area contributed by atoms with Crippen molar-refractivity contribution in [3.05, 3.63) is 28.7 Å². The van der Waals surface area contributed by atoms with E-state index in [4.69, 9.17) is 12.2 Å². The Hall–Kier alpha value is -1.62. The van der Waals surface area contributed by atoms with E-state index in [0.29, 0.717) is 17.4 Å². The Kier molecular flexibility index (Phi) is 3.49. The van der Waals surface area contributed by atoms with Gasteiger partial charge in [-0.05, 0) is 50.7 Å². The van der Waals surface area contributed by atoms with Gasteiger partial charge in [-0.2, -0.15) is 0 Å². The van der Waals surface area contributed by atoms with Gasteiger partial charge in [0.15, 0.2) is 5.11 Å². The van der Waals surface area contributed by atoms with Gasteiger partial charge in [0.05, 0.1) is 0 Å². The molecule has 0 aliphatic carbocycles. The summed E-state index contributed by atoms with van der Waals surface area (Å²) in [5, 5.41) is 0.573. The molecule has 0 N–H and O–H groups in total. The number of aromatic nitrogens is 1. The molecule has 2 rings (SSSR count). The second kappa shape index (κ2) is 4.81. The summed E-state index contributed by atoms with van der Waals surface area (Å²) >= 11 is 5.28. The second-order valence-corrected chi connectivity index (χ2v) is 5.17. The number of rotatable bonds is 2. The highest BCUT2D eigenvalue weighted by molar-refractivity contribution is 7.80. The Morgan fingerprint density at radius 2 is 1.95 bits per heavy atom. The normalized spacial score (nSPS) is 18.1. The minimum absolute atomic E-state index is 0.0177. The molecule has 4 nitrogen and oxygen atoms in total. The molecule has 19 heavy (non-hydrogen) atoms. The lowest BCUT2D eigenvalue weighted by Crippen LogP contribution is -2.30. The number of aryl methyl sites for hydroxylation is 1. The SMILES string of the molecule is CCN1C(=O)/C(=C/c2cc(C)n(C)c2C)N(C)C1=S. The molecular formula is C14H19N3OS. The first-order valence-corrected chi connectivity index (χ1v) is 6.73. The molecule has 0 aromatic carbocycles. The van der Waals surface area contributed by atoms with Crippen molar-refractivity contribution in [2.24, 2.45) is 7.05 Å². The van der Waals surface area contributed by atoms with E-state index >= 15 is 0 Å². The Balaban J connectivity index is 2.46. The summed E-state index contributed by atoms with van der Waals surface area (Å²) in [6.45, 7) is 6.64. The monoisotopic (exact) mass is 277 g/mol. The van der Waals surface area contributed by atoms with E-state index in [-0.39, 0.29) is 5.91 Å². The van der Waals surface area contributed by atoms with Crippen LogP contribution in [0.4, 0.5) is 0 Å². The van der Waals surface area contributed by atoms with Gasteiger partial charge in [-0.1, -0.05) is 0 Å². The average molecular weight is 277 g/mol. The molecule has 0 atom stereocenters. The third-order valence-corrected chi connectivity index (χ3v) is 4.26. The van der Waals surface area contributed by atoms with Crippen LogP contribution in [0.5, 0.6) is 0 Å². The molecular weight excluding hydrogens is 258 g/mol. The van der Waals surface area contributed by atoms with Crippen molar-refractivity contribution >= 4 is 29.3 Å². The number of carbonyl (C=O) groups is 1. The third-order valence-electron chi connectivity index (χ3n) is 3.77. The van der Waals surface area contributed by atoms with Crippen molar-refractivity contribution in [3.63, 3.8) is 0 Å². The van der Waals surface area contributed by atoms with Gasteiger partial charge in [0.1, 0.15) is 5.70 Å². The molecule has 5 heteroatoms. The molecule has 0 saturated carbocycles. The van der Waals surface area contributed by atoms with Crippen LogP contribution in [-0.2, 0) is 11.8 Å². The summed E-state index contributed by atoms with van der Waals surface area (Å²) < 4.78 is 2.11. The van der Waals surface area contributed by atoms with E-state index in [1.807, 2.05) is 27.1 Å². The summed E-state index contributed by atoms with van der Waals surface area (Å²) in [6.07, 6.45) is 1.92. The third kappa shape index (κ3) is 2.08. The smallest absolute Gasteiger partial charge is 0.276 e. The molecule has 102 valence electrons. The maximum atomic E-state index is 12.3. The van der Waals surface area contributed by atoms with Crippen molar-refractivity contribution in [1.82, 2.24) is 14.4 Å². The quantitative estimate of drug-likeness (QED) is 0.612. The molecule has 2 heterocycles. The lowest BCUT2D eigenvalue weighted by Gasteiger charge is -2.13. The largest absolute Gasteiger partial charge is 0.352 e. The maximum Gasteiger partial charge on any atom is 0.276 e.